The van der Waals surface area contributed by atoms with E-state index < -0.39 is 11.0 Å². The van der Waals surface area contributed by atoms with Gasteiger partial charge in [-0.15, -0.1) is 0 Å². The van der Waals surface area contributed by atoms with Crippen LogP contribution in [0.1, 0.15) is 31.4 Å². The Morgan fingerprint density at radius 3 is 2.39 bits per heavy atom. The highest BCUT2D eigenvalue weighted by Crippen LogP contribution is 2.38. The third kappa shape index (κ3) is 2.89. The van der Waals surface area contributed by atoms with Crippen LogP contribution in [0.15, 0.2) is 12.1 Å². The van der Waals surface area contributed by atoms with Gasteiger partial charge in [0, 0.05) is 17.7 Å². The van der Waals surface area contributed by atoms with Crippen LogP contribution in [0.3, 0.4) is 0 Å². The molecule has 0 fully saturated rings. The van der Waals surface area contributed by atoms with Gasteiger partial charge in [-0.1, -0.05) is 13.3 Å². The van der Waals surface area contributed by atoms with Crippen LogP contribution in [0.5, 0.6) is 11.5 Å². The Bertz CT molecular complexity index is 433. The maximum atomic E-state index is 10.9. The van der Waals surface area contributed by atoms with Gasteiger partial charge in [-0.05, 0) is 6.42 Å². The topological polar surface area (TPSA) is 81.8 Å². The second-order valence-electron chi connectivity index (χ2n) is 3.83. The highest BCUT2D eigenvalue weighted by Gasteiger charge is 2.22. The van der Waals surface area contributed by atoms with Crippen molar-refractivity contribution < 1.29 is 19.5 Å². The molecule has 0 radical (unpaired) electrons. The third-order valence-electron chi connectivity index (χ3n) is 2.65. The van der Waals surface area contributed by atoms with Crippen molar-refractivity contribution in [3.63, 3.8) is 0 Å². The lowest BCUT2D eigenvalue weighted by molar-refractivity contribution is -0.385. The average Bonchev–Trinajstić information content (AvgIpc) is 2.37. The van der Waals surface area contributed by atoms with Crippen molar-refractivity contribution in [1.29, 1.82) is 0 Å². The SMILES string of the molecule is CCCC(O)c1cc([N+](=O)[O-])c(OC)cc1OC. The number of hydrogen-bond acceptors (Lipinski definition) is 5. The molecule has 0 amide bonds. The lowest BCUT2D eigenvalue weighted by Crippen LogP contribution is -2.03. The molecule has 0 aliphatic heterocycles. The zero-order valence-corrected chi connectivity index (χ0v) is 10.7. The number of nitrogens with zero attached hydrogens (tertiary/aromatic N) is 1. The Morgan fingerprint density at radius 1 is 1.33 bits per heavy atom. The van der Waals surface area contributed by atoms with Gasteiger partial charge in [-0.2, -0.15) is 0 Å². The maximum Gasteiger partial charge on any atom is 0.311 e. The zero-order chi connectivity index (χ0) is 13.7. The summed E-state index contributed by atoms with van der Waals surface area (Å²) in [4.78, 5) is 10.4. The predicted molar refractivity (Wildman–Crippen MR) is 66.1 cm³/mol. The Balaban J connectivity index is 3.31. The zero-order valence-electron chi connectivity index (χ0n) is 10.7. The van der Waals surface area contributed by atoms with Gasteiger partial charge >= 0.3 is 5.69 Å². The molecule has 0 spiro atoms. The van der Waals surface area contributed by atoms with Crippen LogP contribution in [0.25, 0.3) is 0 Å². The lowest BCUT2D eigenvalue weighted by Gasteiger charge is -2.15. The minimum atomic E-state index is -0.783. The van der Waals surface area contributed by atoms with Crippen LogP contribution >= 0.6 is 0 Å². The lowest BCUT2D eigenvalue weighted by atomic mass is 10.0. The number of benzene rings is 1. The smallest absolute Gasteiger partial charge is 0.311 e. The van der Waals surface area contributed by atoms with Gasteiger partial charge in [0.15, 0.2) is 0 Å². The fourth-order valence-electron chi connectivity index (χ4n) is 1.74. The number of nitro benzene ring substituents is 1. The van der Waals surface area contributed by atoms with E-state index in [2.05, 4.69) is 0 Å². The molecule has 18 heavy (non-hydrogen) atoms. The highest BCUT2D eigenvalue weighted by atomic mass is 16.6. The molecule has 1 rings (SSSR count). The summed E-state index contributed by atoms with van der Waals surface area (Å²) in [6, 6.07) is 2.73. The van der Waals surface area contributed by atoms with Gasteiger partial charge in [0.1, 0.15) is 5.75 Å². The average molecular weight is 255 g/mol. The summed E-state index contributed by atoms with van der Waals surface area (Å²) in [5.41, 5.74) is 0.232. The van der Waals surface area contributed by atoms with Crippen molar-refractivity contribution in [2.24, 2.45) is 0 Å². The molecule has 0 aromatic heterocycles. The van der Waals surface area contributed by atoms with Crippen molar-refractivity contribution in [2.75, 3.05) is 14.2 Å². The second-order valence-corrected chi connectivity index (χ2v) is 3.83. The first kappa shape index (κ1) is 14.2. The molecule has 1 atom stereocenters. The quantitative estimate of drug-likeness (QED) is 0.623. The summed E-state index contributed by atoms with van der Waals surface area (Å²) in [5, 5.41) is 20.9. The molecule has 0 aliphatic carbocycles. The van der Waals surface area contributed by atoms with Crippen molar-refractivity contribution in [3.05, 3.63) is 27.8 Å². The number of aliphatic hydroxyl groups excluding tert-OH is 1. The first-order chi connectivity index (χ1) is 8.54. The van der Waals surface area contributed by atoms with E-state index >= 15 is 0 Å². The monoisotopic (exact) mass is 255 g/mol. The van der Waals surface area contributed by atoms with Gasteiger partial charge in [0.2, 0.25) is 5.75 Å². The molecular weight excluding hydrogens is 238 g/mol. The number of hydrogen-bond donors (Lipinski definition) is 1. The largest absolute Gasteiger partial charge is 0.496 e. The van der Waals surface area contributed by atoms with E-state index in [1.807, 2.05) is 6.92 Å². The number of aliphatic hydroxyl groups is 1. The summed E-state index contributed by atoms with van der Waals surface area (Å²) < 4.78 is 10.1. The molecule has 1 aromatic carbocycles. The summed E-state index contributed by atoms with van der Waals surface area (Å²) in [6.07, 6.45) is 0.499. The number of ether oxygens (including phenoxy) is 2. The van der Waals surface area contributed by atoms with E-state index in [0.29, 0.717) is 17.7 Å². The van der Waals surface area contributed by atoms with E-state index in [9.17, 15) is 15.2 Å². The van der Waals surface area contributed by atoms with Crippen molar-refractivity contribution in [3.8, 4) is 11.5 Å². The van der Waals surface area contributed by atoms with Crippen LogP contribution in [-0.4, -0.2) is 24.2 Å². The van der Waals surface area contributed by atoms with Gasteiger partial charge < -0.3 is 14.6 Å². The molecule has 0 saturated carbocycles. The molecule has 6 heteroatoms. The van der Waals surface area contributed by atoms with Gasteiger partial charge in [0.25, 0.3) is 0 Å². The van der Waals surface area contributed by atoms with E-state index in [1.54, 1.807) is 0 Å². The van der Waals surface area contributed by atoms with E-state index in [4.69, 9.17) is 9.47 Å². The molecule has 100 valence electrons. The fraction of sp³-hybridized carbons (Fsp3) is 0.500. The summed E-state index contributed by atoms with van der Waals surface area (Å²) in [7, 11) is 2.80. The first-order valence-electron chi connectivity index (χ1n) is 5.63. The standard InChI is InChI=1S/C12H17NO5/c1-4-5-10(14)8-6-9(13(15)16)12(18-3)7-11(8)17-2/h6-7,10,14H,4-5H2,1-3H3. The van der Waals surface area contributed by atoms with Gasteiger partial charge in [0.05, 0.1) is 25.2 Å². The number of nitro groups is 1. The summed E-state index contributed by atoms with van der Waals surface area (Å²) in [6.45, 7) is 1.92. The molecule has 6 nitrogen and oxygen atoms in total. The van der Waals surface area contributed by atoms with E-state index in [-0.39, 0.29) is 11.4 Å². The van der Waals surface area contributed by atoms with Crippen molar-refractivity contribution in [2.45, 2.75) is 25.9 Å². The normalized spacial score (nSPS) is 12.0. The molecule has 1 unspecified atom stereocenters. The third-order valence-corrected chi connectivity index (χ3v) is 2.65. The van der Waals surface area contributed by atoms with Crippen LogP contribution in [-0.2, 0) is 0 Å². The van der Waals surface area contributed by atoms with Crippen LogP contribution < -0.4 is 9.47 Å². The Labute approximate surface area is 105 Å². The molecule has 1 aromatic rings. The fourth-order valence-corrected chi connectivity index (χ4v) is 1.74. The van der Waals surface area contributed by atoms with Crippen molar-refractivity contribution in [1.82, 2.24) is 0 Å². The van der Waals surface area contributed by atoms with Crippen LogP contribution in [0, 0.1) is 10.1 Å². The Morgan fingerprint density at radius 2 is 1.94 bits per heavy atom. The summed E-state index contributed by atoms with van der Waals surface area (Å²) >= 11 is 0. The minimum Gasteiger partial charge on any atom is -0.496 e. The molecule has 0 saturated heterocycles. The predicted octanol–water partition coefficient (Wildman–Crippen LogP) is 2.45. The molecule has 0 aliphatic rings. The van der Waals surface area contributed by atoms with Crippen LogP contribution in [0.2, 0.25) is 0 Å². The van der Waals surface area contributed by atoms with Gasteiger partial charge in [-0.25, -0.2) is 0 Å². The molecular formula is C12H17NO5. The van der Waals surface area contributed by atoms with E-state index in [0.717, 1.165) is 6.42 Å². The first-order valence-corrected chi connectivity index (χ1v) is 5.63. The number of methoxy groups -OCH3 is 2. The Hall–Kier alpha value is -1.82. The van der Waals surface area contributed by atoms with Gasteiger partial charge in [-0.3, -0.25) is 10.1 Å². The maximum absolute atomic E-state index is 10.9. The highest BCUT2D eigenvalue weighted by molar-refractivity contribution is 5.55. The molecule has 0 heterocycles. The minimum absolute atomic E-state index is 0.115. The van der Waals surface area contributed by atoms with Crippen LogP contribution in [0.4, 0.5) is 5.69 Å². The molecule has 1 N–H and O–H groups in total. The van der Waals surface area contributed by atoms with Crippen molar-refractivity contribution >= 4 is 5.69 Å². The Kier molecular flexibility index (Phi) is 4.91. The van der Waals surface area contributed by atoms with E-state index in [1.165, 1.54) is 26.4 Å². The molecule has 0 bridgehead atoms. The second kappa shape index (κ2) is 6.20. The summed E-state index contributed by atoms with van der Waals surface area (Å²) in [5.74, 6) is 0.502. The number of rotatable bonds is 6.